The molecule has 1 N–H and O–H groups in total. The van der Waals surface area contributed by atoms with E-state index >= 15 is 0 Å². The van der Waals surface area contributed by atoms with Crippen LogP contribution in [0.2, 0.25) is 0 Å². The number of morpholine rings is 1. The summed E-state index contributed by atoms with van der Waals surface area (Å²) in [6, 6.07) is 9.56. The Bertz CT molecular complexity index is 614. The third-order valence-electron chi connectivity index (χ3n) is 4.99. The summed E-state index contributed by atoms with van der Waals surface area (Å²) in [5, 5.41) is 2.89. The van der Waals surface area contributed by atoms with Crippen molar-refractivity contribution >= 4 is 11.8 Å². The molecule has 0 aromatic heterocycles. The Hall–Kier alpha value is -2.16. The fourth-order valence-corrected chi connectivity index (χ4v) is 3.34. The molecule has 0 saturated carbocycles. The van der Waals surface area contributed by atoms with Crippen LogP contribution in [0.1, 0.15) is 0 Å². The van der Waals surface area contributed by atoms with Crippen LogP contribution in [-0.2, 0) is 14.3 Å². The summed E-state index contributed by atoms with van der Waals surface area (Å²) in [6.45, 7) is 7.62. The number of carbonyl (C=O) groups excluding carboxylic acids is 2. The number of nitrogens with zero attached hydrogens (tertiary/aromatic N) is 3. The van der Waals surface area contributed by atoms with E-state index in [1.165, 1.54) is 0 Å². The minimum atomic E-state index is 0.00880. The summed E-state index contributed by atoms with van der Waals surface area (Å²) in [5.41, 5.74) is 0. The van der Waals surface area contributed by atoms with Gasteiger partial charge in [0.15, 0.2) is 0 Å². The van der Waals surface area contributed by atoms with E-state index < -0.39 is 0 Å². The smallest absolute Gasteiger partial charge is 0.236 e. The Labute approximate surface area is 166 Å². The number of hydrogen-bond acceptors (Lipinski definition) is 6. The average Bonchev–Trinajstić information content (AvgIpc) is 2.74. The molecular weight excluding hydrogens is 360 g/mol. The second kappa shape index (κ2) is 11.0. The standard InChI is InChI=1S/C20H30N4O4/c25-19(21-6-13-28-18-4-2-1-3-5-18)16-22-7-9-23(10-8-22)17-20(26)24-11-14-27-15-12-24/h1-5H,6-17H2,(H,21,25). The highest BCUT2D eigenvalue weighted by Crippen LogP contribution is 2.07. The van der Waals surface area contributed by atoms with Crippen molar-refractivity contribution in [1.82, 2.24) is 20.0 Å². The number of benzene rings is 1. The van der Waals surface area contributed by atoms with Crippen LogP contribution in [-0.4, -0.2) is 105 Å². The van der Waals surface area contributed by atoms with Crippen LogP contribution in [0.15, 0.2) is 30.3 Å². The fourth-order valence-electron chi connectivity index (χ4n) is 3.34. The zero-order chi connectivity index (χ0) is 19.6. The molecule has 0 radical (unpaired) electrons. The molecule has 2 fully saturated rings. The number of amides is 2. The normalized spacial score (nSPS) is 18.6. The second-order valence-corrected chi connectivity index (χ2v) is 7.06. The number of ether oxygens (including phenoxy) is 2. The number of nitrogens with one attached hydrogen (secondary N) is 1. The number of piperazine rings is 1. The van der Waals surface area contributed by atoms with Crippen molar-refractivity contribution < 1.29 is 19.1 Å². The van der Waals surface area contributed by atoms with E-state index in [1.807, 2.05) is 35.2 Å². The molecule has 28 heavy (non-hydrogen) atoms. The Morgan fingerprint density at radius 3 is 2.25 bits per heavy atom. The highest BCUT2D eigenvalue weighted by atomic mass is 16.5. The molecule has 2 aliphatic rings. The highest BCUT2D eigenvalue weighted by Gasteiger charge is 2.23. The first-order chi connectivity index (χ1) is 13.7. The van der Waals surface area contributed by atoms with E-state index in [2.05, 4.69) is 15.1 Å². The largest absolute Gasteiger partial charge is 0.492 e. The first kappa shape index (κ1) is 20.6. The maximum Gasteiger partial charge on any atom is 0.236 e. The van der Waals surface area contributed by atoms with Gasteiger partial charge < -0.3 is 19.7 Å². The van der Waals surface area contributed by atoms with Crippen LogP contribution < -0.4 is 10.1 Å². The molecule has 0 aliphatic carbocycles. The van der Waals surface area contributed by atoms with Crippen molar-refractivity contribution in [2.24, 2.45) is 0 Å². The van der Waals surface area contributed by atoms with Gasteiger partial charge in [-0.2, -0.15) is 0 Å². The Morgan fingerprint density at radius 1 is 0.929 bits per heavy atom. The topological polar surface area (TPSA) is 74.4 Å². The van der Waals surface area contributed by atoms with Gasteiger partial charge >= 0.3 is 0 Å². The number of para-hydroxylation sites is 1. The molecule has 0 unspecified atom stereocenters. The van der Waals surface area contributed by atoms with Crippen LogP contribution >= 0.6 is 0 Å². The predicted molar refractivity (Wildman–Crippen MR) is 105 cm³/mol. The maximum atomic E-state index is 12.3. The number of carbonyl (C=O) groups is 2. The Balaban J connectivity index is 1.26. The Morgan fingerprint density at radius 2 is 1.57 bits per heavy atom. The molecule has 0 spiro atoms. The van der Waals surface area contributed by atoms with E-state index in [-0.39, 0.29) is 11.8 Å². The SMILES string of the molecule is O=C(CN1CCN(CC(=O)N2CCOCC2)CC1)NCCOc1ccccc1. The van der Waals surface area contributed by atoms with Crippen molar-refractivity contribution in [2.75, 3.05) is 78.7 Å². The van der Waals surface area contributed by atoms with Gasteiger partial charge in [0.05, 0.1) is 32.8 Å². The van der Waals surface area contributed by atoms with Gasteiger partial charge in [-0.3, -0.25) is 19.4 Å². The van der Waals surface area contributed by atoms with Crippen LogP contribution in [0.5, 0.6) is 5.75 Å². The van der Waals surface area contributed by atoms with Gasteiger partial charge in [0.2, 0.25) is 11.8 Å². The van der Waals surface area contributed by atoms with Crippen molar-refractivity contribution in [1.29, 1.82) is 0 Å². The summed E-state index contributed by atoms with van der Waals surface area (Å²) in [6.07, 6.45) is 0. The molecule has 2 heterocycles. The van der Waals surface area contributed by atoms with Gasteiger partial charge in [0, 0.05) is 39.3 Å². The Kier molecular flexibility index (Phi) is 8.07. The molecule has 3 rings (SSSR count). The molecule has 8 heteroatoms. The second-order valence-electron chi connectivity index (χ2n) is 7.06. The van der Waals surface area contributed by atoms with Crippen LogP contribution in [0.4, 0.5) is 0 Å². The fraction of sp³-hybridized carbons (Fsp3) is 0.600. The van der Waals surface area contributed by atoms with Crippen molar-refractivity contribution in [3.05, 3.63) is 30.3 Å². The number of rotatable bonds is 8. The van der Waals surface area contributed by atoms with Gasteiger partial charge in [-0.15, -0.1) is 0 Å². The van der Waals surface area contributed by atoms with Gasteiger partial charge in [0.1, 0.15) is 12.4 Å². The van der Waals surface area contributed by atoms with Crippen molar-refractivity contribution in [2.45, 2.75) is 0 Å². The van der Waals surface area contributed by atoms with Gasteiger partial charge in [-0.05, 0) is 12.1 Å². The van der Waals surface area contributed by atoms with Crippen molar-refractivity contribution in [3.8, 4) is 5.75 Å². The average molecular weight is 390 g/mol. The third-order valence-corrected chi connectivity index (χ3v) is 4.99. The lowest BCUT2D eigenvalue weighted by Crippen LogP contribution is -2.53. The quantitative estimate of drug-likeness (QED) is 0.612. The molecule has 0 bridgehead atoms. The molecule has 2 aliphatic heterocycles. The summed E-state index contributed by atoms with van der Waals surface area (Å²) in [4.78, 5) is 30.6. The lowest BCUT2D eigenvalue weighted by atomic mass is 10.3. The van der Waals surface area contributed by atoms with Crippen molar-refractivity contribution in [3.63, 3.8) is 0 Å². The molecule has 8 nitrogen and oxygen atoms in total. The minimum Gasteiger partial charge on any atom is -0.492 e. The molecule has 0 atom stereocenters. The summed E-state index contributed by atoms with van der Waals surface area (Å²) < 4.78 is 10.9. The highest BCUT2D eigenvalue weighted by molar-refractivity contribution is 5.78. The predicted octanol–water partition coefficient (Wildman–Crippen LogP) is -0.342. The summed E-state index contributed by atoms with van der Waals surface area (Å²) in [7, 11) is 0. The van der Waals surface area contributed by atoms with Gasteiger partial charge in [-0.1, -0.05) is 18.2 Å². The third kappa shape index (κ3) is 6.78. The molecule has 154 valence electrons. The van der Waals surface area contributed by atoms with Gasteiger partial charge in [0.25, 0.3) is 0 Å². The molecular formula is C20H30N4O4. The van der Waals surface area contributed by atoms with E-state index in [9.17, 15) is 9.59 Å². The van der Waals surface area contributed by atoms with Crippen LogP contribution in [0, 0.1) is 0 Å². The zero-order valence-corrected chi connectivity index (χ0v) is 16.3. The van der Waals surface area contributed by atoms with Crippen LogP contribution in [0.3, 0.4) is 0 Å². The number of hydrogen-bond donors (Lipinski definition) is 1. The van der Waals surface area contributed by atoms with E-state index in [0.717, 1.165) is 31.9 Å². The van der Waals surface area contributed by atoms with Gasteiger partial charge in [-0.25, -0.2) is 0 Å². The first-order valence-electron chi connectivity index (χ1n) is 9.95. The van der Waals surface area contributed by atoms with Crippen LogP contribution in [0.25, 0.3) is 0 Å². The van der Waals surface area contributed by atoms with E-state index in [0.29, 0.717) is 52.5 Å². The van der Waals surface area contributed by atoms with E-state index in [1.54, 1.807) is 0 Å². The summed E-state index contributed by atoms with van der Waals surface area (Å²) >= 11 is 0. The monoisotopic (exact) mass is 390 g/mol. The molecule has 1 aromatic carbocycles. The zero-order valence-electron chi connectivity index (χ0n) is 16.3. The summed E-state index contributed by atoms with van der Waals surface area (Å²) in [5.74, 6) is 0.988. The molecule has 1 aromatic rings. The minimum absolute atomic E-state index is 0.00880. The van der Waals surface area contributed by atoms with E-state index in [4.69, 9.17) is 9.47 Å². The molecule has 2 saturated heterocycles. The maximum absolute atomic E-state index is 12.3. The first-order valence-corrected chi connectivity index (χ1v) is 9.95. The lowest BCUT2D eigenvalue weighted by molar-refractivity contribution is -0.137. The molecule has 2 amide bonds. The lowest BCUT2D eigenvalue weighted by Gasteiger charge is -2.35.